The monoisotopic (exact) mass is 266 g/mol. The fourth-order valence-corrected chi connectivity index (χ4v) is 4.99. The van der Waals surface area contributed by atoms with Gasteiger partial charge in [-0.25, -0.2) is 0 Å². The van der Waals surface area contributed by atoms with Gasteiger partial charge in [0.1, 0.15) is 0 Å². The SMILES string of the molecule is CC1CC(C)(C)CC(CN)(N2CCC(C(C)C)C2)C1. The predicted octanol–water partition coefficient (Wildman–Crippen LogP) is 3.51. The van der Waals surface area contributed by atoms with Gasteiger partial charge in [0.15, 0.2) is 0 Å². The van der Waals surface area contributed by atoms with E-state index < -0.39 is 0 Å². The summed E-state index contributed by atoms with van der Waals surface area (Å²) in [6.07, 6.45) is 5.31. The summed E-state index contributed by atoms with van der Waals surface area (Å²) >= 11 is 0. The first kappa shape index (κ1) is 15.3. The molecule has 1 aliphatic carbocycles. The molecule has 3 atom stereocenters. The van der Waals surface area contributed by atoms with Gasteiger partial charge in [0.2, 0.25) is 0 Å². The Bertz CT molecular complexity index is 310. The second-order valence-corrected chi connectivity index (χ2v) is 8.52. The van der Waals surface area contributed by atoms with E-state index in [1.54, 1.807) is 0 Å². The molecular weight excluding hydrogens is 232 g/mol. The van der Waals surface area contributed by atoms with Gasteiger partial charge in [-0.2, -0.15) is 0 Å². The van der Waals surface area contributed by atoms with Gasteiger partial charge in [0.05, 0.1) is 0 Å². The lowest BCUT2D eigenvalue weighted by molar-refractivity contribution is -0.00115. The zero-order valence-corrected chi connectivity index (χ0v) is 13.7. The predicted molar refractivity (Wildman–Crippen MR) is 83.1 cm³/mol. The molecule has 2 nitrogen and oxygen atoms in total. The van der Waals surface area contributed by atoms with Crippen molar-refractivity contribution in [3.8, 4) is 0 Å². The van der Waals surface area contributed by atoms with Crippen molar-refractivity contribution in [1.29, 1.82) is 0 Å². The normalized spacial score (nSPS) is 39.9. The fourth-order valence-electron chi connectivity index (χ4n) is 4.99. The standard InChI is InChI=1S/C17H34N2/c1-13(2)15-6-7-19(10-15)17(12-18)9-14(3)8-16(4,5)11-17/h13-15H,6-12,18H2,1-5H3. The molecule has 19 heavy (non-hydrogen) atoms. The lowest BCUT2D eigenvalue weighted by atomic mass is 9.63. The van der Waals surface area contributed by atoms with Crippen LogP contribution in [0.25, 0.3) is 0 Å². The molecule has 1 saturated heterocycles. The lowest BCUT2D eigenvalue weighted by Crippen LogP contribution is -2.58. The van der Waals surface area contributed by atoms with E-state index in [9.17, 15) is 0 Å². The van der Waals surface area contributed by atoms with Crippen LogP contribution in [0, 0.1) is 23.2 Å². The van der Waals surface area contributed by atoms with Crippen LogP contribution in [0.5, 0.6) is 0 Å². The van der Waals surface area contributed by atoms with E-state index in [1.807, 2.05) is 0 Å². The van der Waals surface area contributed by atoms with Gasteiger partial charge in [-0.3, -0.25) is 4.90 Å². The van der Waals surface area contributed by atoms with Gasteiger partial charge in [0, 0.05) is 18.6 Å². The molecule has 2 N–H and O–H groups in total. The van der Waals surface area contributed by atoms with Gasteiger partial charge in [-0.05, 0) is 55.4 Å². The molecule has 2 rings (SSSR count). The molecule has 0 aromatic carbocycles. The summed E-state index contributed by atoms with van der Waals surface area (Å²) in [5, 5.41) is 0. The fraction of sp³-hybridized carbons (Fsp3) is 1.00. The Labute approximate surface area is 120 Å². The number of hydrogen-bond acceptors (Lipinski definition) is 2. The molecule has 112 valence electrons. The van der Waals surface area contributed by atoms with Crippen LogP contribution in [0.2, 0.25) is 0 Å². The smallest absolute Gasteiger partial charge is 0.0339 e. The number of likely N-dealkylation sites (tertiary alicyclic amines) is 1. The van der Waals surface area contributed by atoms with E-state index in [0.717, 1.165) is 24.3 Å². The Morgan fingerprint density at radius 2 is 1.95 bits per heavy atom. The number of hydrogen-bond donors (Lipinski definition) is 1. The first-order valence-corrected chi connectivity index (χ1v) is 8.23. The van der Waals surface area contributed by atoms with Crippen molar-refractivity contribution in [3.63, 3.8) is 0 Å². The molecule has 3 unspecified atom stereocenters. The van der Waals surface area contributed by atoms with E-state index in [-0.39, 0.29) is 5.54 Å². The summed E-state index contributed by atoms with van der Waals surface area (Å²) < 4.78 is 0. The van der Waals surface area contributed by atoms with Crippen molar-refractivity contribution < 1.29 is 0 Å². The van der Waals surface area contributed by atoms with E-state index >= 15 is 0 Å². The van der Waals surface area contributed by atoms with E-state index in [2.05, 4.69) is 39.5 Å². The van der Waals surface area contributed by atoms with Crippen molar-refractivity contribution in [2.24, 2.45) is 28.9 Å². The van der Waals surface area contributed by atoms with Crippen LogP contribution in [-0.2, 0) is 0 Å². The molecule has 0 spiro atoms. The highest BCUT2D eigenvalue weighted by Gasteiger charge is 2.47. The van der Waals surface area contributed by atoms with Gasteiger partial charge in [0.25, 0.3) is 0 Å². The zero-order valence-electron chi connectivity index (χ0n) is 13.7. The quantitative estimate of drug-likeness (QED) is 0.847. The maximum Gasteiger partial charge on any atom is 0.0339 e. The summed E-state index contributed by atoms with van der Waals surface area (Å²) in [5.74, 6) is 2.50. The second kappa shape index (κ2) is 5.37. The molecule has 0 bridgehead atoms. The molecule has 1 saturated carbocycles. The number of nitrogens with zero attached hydrogens (tertiary/aromatic N) is 1. The molecule has 1 heterocycles. The molecule has 0 radical (unpaired) electrons. The molecule has 0 aromatic heterocycles. The molecule has 2 aliphatic rings. The maximum absolute atomic E-state index is 6.28. The molecular formula is C17H34N2. The Hall–Kier alpha value is -0.0800. The first-order valence-electron chi connectivity index (χ1n) is 8.23. The first-order chi connectivity index (χ1) is 8.78. The van der Waals surface area contributed by atoms with Crippen LogP contribution < -0.4 is 5.73 Å². The van der Waals surface area contributed by atoms with E-state index in [0.29, 0.717) is 5.41 Å². The van der Waals surface area contributed by atoms with Crippen LogP contribution in [-0.4, -0.2) is 30.1 Å². The highest BCUT2D eigenvalue weighted by Crippen LogP contribution is 2.47. The summed E-state index contributed by atoms with van der Waals surface area (Å²) in [5.41, 5.74) is 7.02. The van der Waals surface area contributed by atoms with Crippen molar-refractivity contribution >= 4 is 0 Å². The summed E-state index contributed by atoms with van der Waals surface area (Å²) in [6, 6.07) is 0. The van der Waals surface area contributed by atoms with Gasteiger partial charge in [-0.1, -0.05) is 34.6 Å². The van der Waals surface area contributed by atoms with Crippen LogP contribution in [0.1, 0.15) is 60.3 Å². The largest absolute Gasteiger partial charge is 0.329 e. The molecule has 2 fully saturated rings. The lowest BCUT2D eigenvalue weighted by Gasteiger charge is -2.52. The third-order valence-corrected chi connectivity index (χ3v) is 5.66. The minimum absolute atomic E-state index is 0.283. The Balaban J connectivity index is 2.14. The van der Waals surface area contributed by atoms with Gasteiger partial charge >= 0.3 is 0 Å². The maximum atomic E-state index is 6.28. The second-order valence-electron chi connectivity index (χ2n) is 8.52. The van der Waals surface area contributed by atoms with Crippen LogP contribution in [0.15, 0.2) is 0 Å². The molecule has 0 aromatic rings. The third-order valence-electron chi connectivity index (χ3n) is 5.66. The van der Waals surface area contributed by atoms with Crippen molar-refractivity contribution in [2.75, 3.05) is 19.6 Å². The third kappa shape index (κ3) is 3.16. The van der Waals surface area contributed by atoms with Crippen molar-refractivity contribution in [1.82, 2.24) is 4.90 Å². The summed E-state index contributed by atoms with van der Waals surface area (Å²) in [4.78, 5) is 2.76. The Morgan fingerprint density at radius 3 is 2.42 bits per heavy atom. The van der Waals surface area contributed by atoms with Crippen LogP contribution in [0.4, 0.5) is 0 Å². The number of nitrogens with two attached hydrogens (primary N) is 1. The molecule has 0 amide bonds. The van der Waals surface area contributed by atoms with Crippen molar-refractivity contribution in [2.45, 2.75) is 65.8 Å². The topological polar surface area (TPSA) is 29.3 Å². The average molecular weight is 266 g/mol. The Kier molecular flexibility index (Phi) is 4.32. The van der Waals surface area contributed by atoms with Gasteiger partial charge < -0.3 is 5.73 Å². The summed E-state index contributed by atoms with van der Waals surface area (Å²) in [6.45, 7) is 15.4. The molecule has 1 aliphatic heterocycles. The average Bonchev–Trinajstić information content (AvgIpc) is 2.75. The van der Waals surface area contributed by atoms with E-state index in [1.165, 1.54) is 38.8 Å². The number of rotatable bonds is 3. The molecule has 2 heteroatoms. The summed E-state index contributed by atoms with van der Waals surface area (Å²) in [7, 11) is 0. The van der Waals surface area contributed by atoms with Crippen LogP contribution in [0.3, 0.4) is 0 Å². The van der Waals surface area contributed by atoms with E-state index in [4.69, 9.17) is 5.73 Å². The minimum Gasteiger partial charge on any atom is -0.329 e. The Morgan fingerprint density at radius 1 is 1.26 bits per heavy atom. The highest BCUT2D eigenvalue weighted by atomic mass is 15.2. The highest BCUT2D eigenvalue weighted by molar-refractivity contribution is 5.03. The zero-order chi connectivity index (χ0) is 14.3. The van der Waals surface area contributed by atoms with Crippen molar-refractivity contribution in [3.05, 3.63) is 0 Å². The van der Waals surface area contributed by atoms with Crippen LogP contribution >= 0.6 is 0 Å². The minimum atomic E-state index is 0.283. The van der Waals surface area contributed by atoms with Gasteiger partial charge in [-0.15, -0.1) is 0 Å².